The lowest BCUT2D eigenvalue weighted by Gasteiger charge is -2.14. The standard InChI is InChI=1S/C27H22FN5O4/c1-36-21-12-6-18(7-13-21)25-31-26(37-32-25)22(17-4-8-19(28)9-5-17)14-16-2-10-20(11-3-16)33-24(29)23(15-30-33)27(34)35/h2-13,15,22H,14,29H2,1H3,(H,34,35). The lowest BCUT2D eigenvalue weighted by molar-refractivity contribution is 0.0698. The summed E-state index contributed by atoms with van der Waals surface area (Å²) in [5.74, 6) is -0.228. The quantitative estimate of drug-likeness (QED) is 0.314. The van der Waals surface area contributed by atoms with Crippen LogP contribution < -0.4 is 10.5 Å². The predicted octanol–water partition coefficient (Wildman–Crippen LogP) is 4.73. The van der Waals surface area contributed by atoms with Crippen molar-refractivity contribution in [3.63, 3.8) is 0 Å². The monoisotopic (exact) mass is 499 g/mol. The number of carboxylic acids is 1. The van der Waals surface area contributed by atoms with E-state index >= 15 is 0 Å². The fourth-order valence-electron chi connectivity index (χ4n) is 4.01. The molecule has 0 amide bonds. The zero-order chi connectivity index (χ0) is 25.9. The van der Waals surface area contributed by atoms with Crippen LogP contribution in [0.5, 0.6) is 5.75 Å². The van der Waals surface area contributed by atoms with Crippen molar-refractivity contribution in [2.24, 2.45) is 0 Å². The predicted molar refractivity (Wildman–Crippen MR) is 133 cm³/mol. The Kier molecular flexibility index (Phi) is 6.38. The molecule has 2 aromatic heterocycles. The second-order valence-electron chi connectivity index (χ2n) is 8.32. The molecule has 186 valence electrons. The molecule has 0 spiro atoms. The Hall–Kier alpha value is -4.99. The first kappa shape index (κ1) is 23.7. The molecule has 1 unspecified atom stereocenters. The molecule has 5 aromatic rings. The largest absolute Gasteiger partial charge is 0.497 e. The van der Waals surface area contributed by atoms with Crippen LogP contribution in [0.15, 0.2) is 83.5 Å². The van der Waals surface area contributed by atoms with Crippen LogP contribution in [0.1, 0.15) is 33.3 Å². The molecule has 10 heteroatoms. The number of aromatic nitrogens is 4. The molecular weight excluding hydrogens is 477 g/mol. The van der Waals surface area contributed by atoms with Gasteiger partial charge in [-0.15, -0.1) is 0 Å². The van der Waals surface area contributed by atoms with Crippen LogP contribution in [-0.2, 0) is 6.42 Å². The van der Waals surface area contributed by atoms with Gasteiger partial charge in [-0.2, -0.15) is 10.1 Å². The fourth-order valence-corrected chi connectivity index (χ4v) is 4.01. The number of nitrogens with zero attached hydrogens (tertiary/aromatic N) is 4. The molecular formula is C27H22FN5O4. The second kappa shape index (κ2) is 9.94. The molecule has 0 saturated carbocycles. The Balaban J connectivity index is 1.44. The van der Waals surface area contributed by atoms with Gasteiger partial charge in [0.15, 0.2) is 0 Å². The van der Waals surface area contributed by atoms with Gasteiger partial charge in [-0.3, -0.25) is 0 Å². The van der Waals surface area contributed by atoms with Gasteiger partial charge in [0.05, 0.1) is 24.9 Å². The summed E-state index contributed by atoms with van der Waals surface area (Å²) in [7, 11) is 1.60. The number of anilines is 1. The zero-order valence-electron chi connectivity index (χ0n) is 19.7. The molecule has 37 heavy (non-hydrogen) atoms. The molecule has 9 nitrogen and oxygen atoms in total. The van der Waals surface area contributed by atoms with Crippen molar-refractivity contribution >= 4 is 11.8 Å². The zero-order valence-corrected chi connectivity index (χ0v) is 19.7. The molecule has 2 heterocycles. The van der Waals surface area contributed by atoms with Crippen molar-refractivity contribution in [1.82, 2.24) is 19.9 Å². The van der Waals surface area contributed by atoms with Crippen molar-refractivity contribution in [2.45, 2.75) is 12.3 Å². The highest BCUT2D eigenvalue weighted by Crippen LogP contribution is 2.30. The van der Waals surface area contributed by atoms with Gasteiger partial charge in [-0.1, -0.05) is 29.4 Å². The van der Waals surface area contributed by atoms with Crippen LogP contribution in [0.25, 0.3) is 17.1 Å². The van der Waals surface area contributed by atoms with Crippen LogP contribution in [0.4, 0.5) is 10.2 Å². The minimum absolute atomic E-state index is 0.0429. The number of benzene rings is 3. The third-order valence-corrected chi connectivity index (χ3v) is 6.02. The van der Waals surface area contributed by atoms with Crippen LogP contribution in [0.2, 0.25) is 0 Å². The Morgan fingerprint density at radius 2 is 1.78 bits per heavy atom. The first-order valence-electron chi connectivity index (χ1n) is 11.3. The van der Waals surface area contributed by atoms with Crippen LogP contribution in [-0.4, -0.2) is 38.1 Å². The van der Waals surface area contributed by atoms with Crippen molar-refractivity contribution in [1.29, 1.82) is 0 Å². The number of hydrogen-bond donors (Lipinski definition) is 2. The minimum atomic E-state index is -1.14. The van der Waals surface area contributed by atoms with Gasteiger partial charge in [0.25, 0.3) is 0 Å². The Bertz CT molecular complexity index is 1530. The topological polar surface area (TPSA) is 129 Å². The molecule has 3 N–H and O–H groups in total. The third kappa shape index (κ3) is 4.90. The molecule has 0 aliphatic heterocycles. The van der Waals surface area contributed by atoms with Crippen molar-refractivity contribution in [3.05, 3.63) is 107 Å². The third-order valence-electron chi connectivity index (χ3n) is 6.02. The van der Waals surface area contributed by atoms with E-state index in [0.29, 0.717) is 23.8 Å². The Labute approximate surface area is 210 Å². The number of rotatable bonds is 8. The van der Waals surface area contributed by atoms with E-state index in [-0.39, 0.29) is 23.1 Å². The highest BCUT2D eigenvalue weighted by atomic mass is 19.1. The average molecular weight is 500 g/mol. The first-order chi connectivity index (χ1) is 17.9. The van der Waals surface area contributed by atoms with Gasteiger partial charge in [0, 0.05) is 5.56 Å². The maximum Gasteiger partial charge on any atom is 0.341 e. The Morgan fingerprint density at radius 1 is 1.08 bits per heavy atom. The van der Waals surface area contributed by atoms with Gasteiger partial charge < -0.3 is 20.1 Å². The second-order valence-corrected chi connectivity index (χ2v) is 8.32. The summed E-state index contributed by atoms with van der Waals surface area (Å²) in [5, 5.41) is 17.4. The Morgan fingerprint density at radius 3 is 2.41 bits per heavy atom. The lowest BCUT2D eigenvalue weighted by atomic mass is 9.91. The maximum absolute atomic E-state index is 13.6. The number of nitrogens with two attached hydrogens (primary N) is 1. The first-order valence-corrected chi connectivity index (χ1v) is 11.3. The normalized spacial score (nSPS) is 11.8. The summed E-state index contributed by atoms with van der Waals surface area (Å²) < 4.78 is 25.9. The van der Waals surface area contributed by atoms with Gasteiger partial charge in [0.1, 0.15) is 22.9 Å². The molecule has 0 bridgehead atoms. The smallest absolute Gasteiger partial charge is 0.341 e. The highest BCUT2D eigenvalue weighted by Gasteiger charge is 2.23. The molecule has 0 aliphatic carbocycles. The number of ether oxygens (including phenoxy) is 1. The van der Waals surface area contributed by atoms with E-state index < -0.39 is 5.97 Å². The number of carboxylic acid groups (broad SMARTS) is 1. The SMILES string of the molecule is COc1ccc(-c2noc(C(Cc3ccc(-n4ncc(C(=O)O)c4N)cc3)c3ccc(F)cc3)n2)cc1. The van der Waals surface area contributed by atoms with E-state index in [4.69, 9.17) is 15.0 Å². The summed E-state index contributed by atoms with van der Waals surface area (Å²) in [4.78, 5) is 15.9. The number of carbonyl (C=O) groups is 1. The van der Waals surface area contributed by atoms with E-state index in [1.807, 2.05) is 36.4 Å². The molecule has 1 atom stereocenters. The summed E-state index contributed by atoms with van der Waals surface area (Å²) in [5.41, 5.74) is 9.02. The maximum atomic E-state index is 13.6. The number of methoxy groups -OCH3 is 1. The number of aromatic carboxylic acids is 1. The summed E-state index contributed by atoms with van der Waals surface area (Å²) in [6, 6.07) is 20.9. The molecule has 0 saturated heterocycles. The molecule has 5 rings (SSSR count). The van der Waals surface area contributed by atoms with E-state index in [9.17, 15) is 14.3 Å². The average Bonchev–Trinajstić information content (AvgIpc) is 3.56. The number of nitrogen functional groups attached to an aromatic ring is 1. The molecule has 3 aromatic carbocycles. The van der Waals surface area contributed by atoms with Gasteiger partial charge >= 0.3 is 5.97 Å². The highest BCUT2D eigenvalue weighted by molar-refractivity contribution is 5.92. The summed E-state index contributed by atoms with van der Waals surface area (Å²) in [6.45, 7) is 0. The summed E-state index contributed by atoms with van der Waals surface area (Å²) >= 11 is 0. The summed E-state index contributed by atoms with van der Waals surface area (Å²) in [6.07, 6.45) is 1.71. The minimum Gasteiger partial charge on any atom is -0.497 e. The van der Waals surface area contributed by atoms with E-state index in [0.717, 1.165) is 22.4 Å². The van der Waals surface area contributed by atoms with Crippen LogP contribution in [0, 0.1) is 5.82 Å². The molecule has 0 radical (unpaired) electrons. The van der Waals surface area contributed by atoms with Crippen molar-refractivity contribution < 1.29 is 23.6 Å². The van der Waals surface area contributed by atoms with Gasteiger partial charge in [0.2, 0.25) is 11.7 Å². The fraction of sp³-hybridized carbons (Fsp3) is 0.111. The van der Waals surface area contributed by atoms with Crippen molar-refractivity contribution in [2.75, 3.05) is 12.8 Å². The molecule has 0 fully saturated rings. The van der Waals surface area contributed by atoms with E-state index in [2.05, 4.69) is 15.2 Å². The number of halogens is 1. The van der Waals surface area contributed by atoms with Crippen LogP contribution >= 0.6 is 0 Å². The van der Waals surface area contributed by atoms with Crippen LogP contribution in [0.3, 0.4) is 0 Å². The van der Waals surface area contributed by atoms with E-state index in [1.165, 1.54) is 23.0 Å². The molecule has 0 aliphatic rings. The lowest BCUT2D eigenvalue weighted by Crippen LogP contribution is -2.07. The van der Waals surface area contributed by atoms with E-state index in [1.54, 1.807) is 31.4 Å². The van der Waals surface area contributed by atoms with Gasteiger partial charge in [-0.25, -0.2) is 13.9 Å². The van der Waals surface area contributed by atoms with Crippen molar-refractivity contribution in [3.8, 4) is 22.8 Å². The van der Waals surface area contributed by atoms with Gasteiger partial charge in [-0.05, 0) is 66.1 Å². The number of hydrogen-bond acceptors (Lipinski definition) is 7.